The fourth-order valence-electron chi connectivity index (χ4n) is 1.86. The van der Waals surface area contributed by atoms with Crippen LogP contribution in [0.1, 0.15) is 25.8 Å². The van der Waals surface area contributed by atoms with Crippen molar-refractivity contribution in [2.24, 2.45) is 5.92 Å². The van der Waals surface area contributed by atoms with Gasteiger partial charge in [0.15, 0.2) is 0 Å². The van der Waals surface area contributed by atoms with Crippen LogP contribution in [0.4, 0.5) is 0 Å². The van der Waals surface area contributed by atoms with Gasteiger partial charge in [0.2, 0.25) is 0 Å². The molecule has 2 rings (SSSR count). The van der Waals surface area contributed by atoms with Gasteiger partial charge < -0.3 is 5.11 Å². The van der Waals surface area contributed by atoms with Crippen LogP contribution in [0.15, 0.2) is 29.6 Å². The number of fused-ring (bicyclic) bond motifs is 1. The molecule has 1 N–H and O–H groups in total. The average molecular weight is 234 g/mol. The van der Waals surface area contributed by atoms with Crippen LogP contribution in [0.3, 0.4) is 0 Å². The summed E-state index contributed by atoms with van der Waals surface area (Å²) in [4.78, 5) is 0. The molecule has 86 valence electrons. The molecule has 0 radical (unpaired) electrons. The van der Waals surface area contributed by atoms with E-state index in [1.807, 2.05) is 0 Å². The van der Waals surface area contributed by atoms with Crippen LogP contribution in [-0.4, -0.2) is 11.2 Å². The van der Waals surface area contributed by atoms with Crippen LogP contribution in [-0.2, 0) is 6.42 Å². The van der Waals surface area contributed by atoms with Crippen molar-refractivity contribution >= 4 is 21.4 Å². The van der Waals surface area contributed by atoms with Crippen LogP contribution in [0.5, 0.6) is 0 Å². The Hall–Kier alpha value is -0.860. The number of aliphatic hydroxyl groups excluding tert-OH is 1. The number of benzene rings is 1. The minimum atomic E-state index is -0.182. The van der Waals surface area contributed by atoms with Crippen LogP contribution in [0.2, 0.25) is 0 Å². The molecule has 0 saturated carbocycles. The van der Waals surface area contributed by atoms with Crippen molar-refractivity contribution < 1.29 is 5.11 Å². The lowest BCUT2D eigenvalue weighted by atomic mass is 9.99. The van der Waals surface area contributed by atoms with E-state index in [0.717, 1.165) is 12.8 Å². The molecule has 2 heteroatoms. The van der Waals surface area contributed by atoms with E-state index < -0.39 is 0 Å². The maximum absolute atomic E-state index is 9.80. The second-order valence-electron chi connectivity index (χ2n) is 4.61. The molecule has 1 unspecified atom stereocenters. The maximum Gasteiger partial charge on any atom is 0.0566 e. The average Bonchev–Trinajstić information content (AvgIpc) is 2.69. The first-order chi connectivity index (χ1) is 7.68. The molecule has 1 aromatic carbocycles. The van der Waals surface area contributed by atoms with Gasteiger partial charge >= 0.3 is 0 Å². The summed E-state index contributed by atoms with van der Waals surface area (Å²) in [5, 5.41) is 13.4. The topological polar surface area (TPSA) is 20.2 Å². The van der Waals surface area contributed by atoms with Crippen molar-refractivity contribution in [3.05, 3.63) is 35.2 Å². The Morgan fingerprint density at radius 1 is 1.25 bits per heavy atom. The lowest BCUT2D eigenvalue weighted by Gasteiger charge is -2.13. The largest absolute Gasteiger partial charge is 0.393 e. The van der Waals surface area contributed by atoms with Gasteiger partial charge in [0.25, 0.3) is 0 Å². The highest BCUT2D eigenvalue weighted by Crippen LogP contribution is 2.27. The number of hydrogen-bond acceptors (Lipinski definition) is 2. The number of rotatable bonds is 4. The minimum absolute atomic E-state index is 0.182. The molecule has 0 spiro atoms. The van der Waals surface area contributed by atoms with Gasteiger partial charge in [-0.15, -0.1) is 11.3 Å². The molecular weight excluding hydrogens is 216 g/mol. The highest BCUT2D eigenvalue weighted by atomic mass is 32.1. The molecule has 0 saturated heterocycles. The van der Waals surface area contributed by atoms with E-state index in [2.05, 4.69) is 43.5 Å². The Bertz CT molecular complexity index is 458. The summed E-state index contributed by atoms with van der Waals surface area (Å²) in [6, 6.07) is 8.48. The summed E-state index contributed by atoms with van der Waals surface area (Å²) in [6.45, 7) is 4.13. The quantitative estimate of drug-likeness (QED) is 0.852. The number of thiophene rings is 1. The molecule has 0 aliphatic heterocycles. The highest BCUT2D eigenvalue weighted by Gasteiger charge is 2.10. The van der Waals surface area contributed by atoms with E-state index in [9.17, 15) is 5.11 Å². The van der Waals surface area contributed by atoms with Crippen molar-refractivity contribution in [3.8, 4) is 0 Å². The van der Waals surface area contributed by atoms with Crippen molar-refractivity contribution in [1.82, 2.24) is 0 Å². The van der Waals surface area contributed by atoms with E-state index in [-0.39, 0.29) is 6.10 Å². The molecule has 0 amide bonds. The standard InChI is InChI=1S/C14H18OS/c1-10(2)13(15)8-7-11-9-16-14-6-4-3-5-12(11)14/h3-6,9-10,13,15H,7-8H2,1-2H3. The maximum atomic E-state index is 9.80. The SMILES string of the molecule is CC(C)C(O)CCc1csc2ccccc12. The molecule has 1 heterocycles. The number of aliphatic hydroxyl groups is 1. The van der Waals surface area contributed by atoms with Gasteiger partial charge in [-0.25, -0.2) is 0 Å². The van der Waals surface area contributed by atoms with Crippen molar-refractivity contribution in [2.45, 2.75) is 32.8 Å². The zero-order chi connectivity index (χ0) is 11.5. The number of hydrogen-bond donors (Lipinski definition) is 1. The highest BCUT2D eigenvalue weighted by molar-refractivity contribution is 7.17. The van der Waals surface area contributed by atoms with E-state index in [1.165, 1.54) is 15.6 Å². The van der Waals surface area contributed by atoms with Gasteiger partial charge in [0, 0.05) is 4.70 Å². The molecule has 1 nitrogen and oxygen atoms in total. The second-order valence-corrected chi connectivity index (χ2v) is 5.52. The first kappa shape index (κ1) is 11.6. The van der Waals surface area contributed by atoms with E-state index in [0.29, 0.717) is 5.92 Å². The summed E-state index contributed by atoms with van der Waals surface area (Å²) in [7, 11) is 0. The van der Waals surface area contributed by atoms with E-state index in [1.54, 1.807) is 11.3 Å². The predicted octanol–water partition coefficient (Wildman–Crippen LogP) is 3.85. The van der Waals surface area contributed by atoms with Gasteiger partial charge in [-0.1, -0.05) is 32.0 Å². The third-order valence-electron chi connectivity index (χ3n) is 3.04. The molecule has 16 heavy (non-hydrogen) atoms. The van der Waals surface area contributed by atoms with Crippen molar-refractivity contribution in [2.75, 3.05) is 0 Å². The zero-order valence-corrected chi connectivity index (χ0v) is 10.6. The van der Waals surface area contributed by atoms with Crippen LogP contribution < -0.4 is 0 Å². The molecular formula is C14H18OS. The Balaban J connectivity index is 2.10. The molecule has 1 atom stereocenters. The smallest absolute Gasteiger partial charge is 0.0566 e. The Kier molecular flexibility index (Phi) is 3.62. The van der Waals surface area contributed by atoms with Crippen LogP contribution in [0, 0.1) is 5.92 Å². The third kappa shape index (κ3) is 2.45. The fourth-order valence-corrected chi connectivity index (χ4v) is 2.86. The minimum Gasteiger partial charge on any atom is -0.393 e. The first-order valence-corrected chi connectivity index (χ1v) is 6.69. The Morgan fingerprint density at radius 3 is 2.75 bits per heavy atom. The molecule has 1 aromatic heterocycles. The second kappa shape index (κ2) is 4.98. The Morgan fingerprint density at radius 2 is 2.00 bits per heavy atom. The van der Waals surface area contributed by atoms with Gasteiger partial charge in [0.1, 0.15) is 0 Å². The predicted molar refractivity (Wildman–Crippen MR) is 71.0 cm³/mol. The van der Waals surface area contributed by atoms with Gasteiger partial charge in [-0.05, 0) is 41.2 Å². The summed E-state index contributed by atoms with van der Waals surface area (Å²) in [6.07, 6.45) is 1.65. The summed E-state index contributed by atoms with van der Waals surface area (Å²) in [5.41, 5.74) is 1.38. The van der Waals surface area contributed by atoms with E-state index in [4.69, 9.17) is 0 Å². The Labute approximate surface area is 101 Å². The molecule has 2 aromatic rings. The monoisotopic (exact) mass is 234 g/mol. The summed E-state index contributed by atoms with van der Waals surface area (Å²) in [5.74, 6) is 0.352. The fraction of sp³-hybridized carbons (Fsp3) is 0.429. The van der Waals surface area contributed by atoms with Gasteiger partial charge in [-0.3, -0.25) is 0 Å². The molecule has 0 bridgehead atoms. The summed E-state index contributed by atoms with van der Waals surface area (Å²) < 4.78 is 1.34. The molecule has 0 aliphatic rings. The van der Waals surface area contributed by atoms with Gasteiger partial charge in [-0.2, -0.15) is 0 Å². The lowest BCUT2D eigenvalue weighted by molar-refractivity contribution is 0.116. The third-order valence-corrected chi connectivity index (χ3v) is 4.05. The number of aryl methyl sites for hydroxylation is 1. The molecule has 0 fully saturated rings. The normalized spacial score (nSPS) is 13.5. The van der Waals surface area contributed by atoms with Crippen LogP contribution in [0.25, 0.3) is 10.1 Å². The lowest BCUT2D eigenvalue weighted by Crippen LogP contribution is -2.15. The van der Waals surface area contributed by atoms with E-state index >= 15 is 0 Å². The van der Waals surface area contributed by atoms with Gasteiger partial charge in [0.05, 0.1) is 6.10 Å². The van der Waals surface area contributed by atoms with Crippen molar-refractivity contribution in [1.29, 1.82) is 0 Å². The van der Waals surface area contributed by atoms with Crippen molar-refractivity contribution in [3.63, 3.8) is 0 Å². The first-order valence-electron chi connectivity index (χ1n) is 5.81. The zero-order valence-electron chi connectivity index (χ0n) is 9.81. The summed E-state index contributed by atoms with van der Waals surface area (Å²) >= 11 is 1.79. The molecule has 0 aliphatic carbocycles. The van der Waals surface area contributed by atoms with Crippen LogP contribution >= 0.6 is 11.3 Å².